The lowest BCUT2D eigenvalue weighted by molar-refractivity contribution is -0.140. The zero-order chi connectivity index (χ0) is 32.6. The predicted molar refractivity (Wildman–Crippen MR) is 176 cm³/mol. The number of halogens is 3. The molecule has 0 spiro atoms. The number of carbonyl (C=O) groups excluding carboxylic acids is 2. The van der Waals surface area contributed by atoms with Crippen LogP contribution in [0.5, 0.6) is 0 Å². The van der Waals surface area contributed by atoms with Crippen molar-refractivity contribution in [2.45, 2.75) is 50.2 Å². The second-order valence-electron chi connectivity index (χ2n) is 10.6. The van der Waals surface area contributed by atoms with Gasteiger partial charge in [0.15, 0.2) is 0 Å². The van der Waals surface area contributed by atoms with E-state index >= 15 is 0 Å². The fourth-order valence-corrected chi connectivity index (χ4v) is 6.59. The molecule has 0 heterocycles. The SMILES string of the molecule is CCC(C)NC(=O)C(Cc1ccccc1)N(Cc1ccc(Cl)cc1Cl)C(=O)CN(c1ccc(F)cc1)S(=O)(=O)c1ccccc1. The fourth-order valence-electron chi connectivity index (χ4n) is 4.68. The topological polar surface area (TPSA) is 86.8 Å². The summed E-state index contributed by atoms with van der Waals surface area (Å²) >= 11 is 12.7. The highest BCUT2D eigenvalue weighted by Gasteiger charge is 2.35. The summed E-state index contributed by atoms with van der Waals surface area (Å²) in [6.07, 6.45) is 0.816. The highest BCUT2D eigenvalue weighted by Crippen LogP contribution is 2.27. The molecule has 0 aliphatic heterocycles. The molecule has 4 aromatic carbocycles. The van der Waals surface area contributed by atoms with Crippen LogP contribution in [0.3, 0.4) is 0 Å². The van der Waals surface area contributed by atoms with Crippen LogP contribution in [0.15, 0.2) is 108 Å². The van der Waals surface area contributed by atoms with Crippen molar-refractivity contribution in [1.29, 1.82) is 0 Å². The summed E-state index contributed by atoms with van der Waals surface area (Å²) in [5.74, 6) is -1.62. The Morgan fingerprint density at radius 2 is 1.51 bits per heavy atom. The van der Waals surface area contributed by atoms with E-state index in [4.69, 9.17) is 23.2 Å². The number of benzene rings is 4. The van der Waals surface area contributed by atoms with Crippen molar-refractivity contribution < 1.29 is 22.4 Å². The number of nitrogens with zero attached hydrogens (tertiary/aromatic N) is 2. The second-order valence-corrected chi connectivity index (χ2v) is 13.3. The van der Waals surface area contributed by atoms with Crippen LogP contribution in [0, 0.1) is 5.82 Å². The molecular weight excluding hydrogens is 636 g/mol. The quantitative estimate of drug-likeness (QED) is 0.168. The summed E-state index contributed by atoms with van der Waals surface area (Å²) in [5, 5.41) is 3.66. The van der Waals surface area contributed by atoms with Crippen LogP contribution >= 0.6 is 23.2 Å². The molecule has 2 amide bonds. The van der Waals surface area contributed by atoms with Crippen molar-refractivity contribution in [3.8, 4) is 0 Å². The van der Waals surface area contributed by atoms with E-state index in [1.807, 2.05) is 44.2 Å². The molecule has 0 radical (unpaired) electrons. The van der Waals surface area contributed by atoms with Gasteiger partial charge >= 0.3 is 0 Å². The third-order valence-corrected chi connectivity index (χ3v) is 9.73. The minimum absolute atomic E-state index is 0.0511. The van der Waals surface area contributed by atoms with Gasteiger partial charge in [-0.3, -0.25) is 13.9 Å². The summed E-state index contributed by atoms with van der Waals surface area (Å²) in [4.78, 5) is 29.6. The van der Waals surface area contributed by atoms with Gasteiger partial charge in [0.1, 0.15) is 18.4 Å². The van der Waals surface area contributed by atoms with E-state index in [2.05, 4.69) is 5.32 Å². The fraction of sp³-hybridized carbons (Fsp3) is 0.235. The van der Waals surface area contributed by atoms with E-state index in [9.17, 15) is 22.4 Å². The lowest BCUT2D eigenvalue weighted by atomic mass is 10.0. The van der Waals surface area contributed by atoms with E-state index in [-0.39, 0.29) is 34.6 Å². The van der Waals surface area contributed by atoms with Crippen molar-refractivity contribution in [2.24, 2.45) is 0 Å². The van der Waals surface area contributed by atoms with E-state index in [0.717, 1.165) is 22.0 Å². The van der Waals surface area contributed by atoms with Gasteiger partial charge in [0.25, 0.3) is 10.0 Å². The van der Waals surface area contributed by atoms with Crippen molar-refractivity contribution in [1.82, 2.24) is 10.2 Å². The number of carbonyl (C=O) groups is 2. The average molecular weight is 671 g/mol. The number of nitrogens with one attached hydrogen (secondary N) is 1. The van der Waals surface area contributed by atoms with Gasteiger partial charge in [-0.1, -0.05) is 84.7 Å². The van der Waals surface area contributed by atoms with Crippen LogP contribution in [0.4, 0.5) is 10.1 Å². The molecule has 0 aliphatic carbocycles. The van der Waals surface area contributed by atoms with Crippen molar-refractivity contribution in [3.05, 3.63) is 130 Å². The Morgan fingerprint density at radius 3 is 2.11 bits per heavy atom. The van der Waals surface area contributed by atoms with Gasteiger partial charge in [-0.2, -0.15) is 0 Å². The zero-order valence-corrected chi connectivity index (χ0v) is 27.2. The normalized spacial score (nSPS) is 12.6. The van der Waals surface area contributed by atoms with Crippen LogP contribution in [-0.4, -0.2) is 43.8 Å². The minimum Gasteiger partial charge on any atom is -0.352 e. The van der Waals surface area contributed by atoms with Crippen LogP contribution < -0.4 is 9.62 Å². The molecule has 0 aliphatic rings. The van der Waals surface area contributed by atoms with E-state index < -0.39 is 40.2 Å². The standard InChI is InChI=1S/C34H34Cl2FN3O4S/c1-3-24(2)38-34(42)32(20-25-10-6-4-7-11-25)39(22-26-14-15-27(35)21-31(26)36)33(41)23-40(29-18-16-28(37)17-19-29)45(43,44)30-12-8-5-9-13-30/h4-19,21,24,32H,3,20,22-23H2,1-2H3,(H,38,42). The van der Waals surface area contributed by atoms with Gasteiger partial charge < -0.3 is 10.2 Å². The highest BCUT2D eigenvalue weighted by atomic mass is 35.5. The van der Waals surface area contributed by atoms with Gasteiger partial charge in [0.2, 0.25) is 11.8 Å². The van der Waals surface area contributed by atoms with Crippen LogP contribution in [-0.2, 0) is 32.6 Å². The molecule has 2 atom stereocenters. The summed E-state index contributed by atoms with van der Waals surface area (Å²) in [6.45, 7) is 3.02. The first kappa shape index (κ1) is 34.0. The Labute approximate surface area is 273 Å². The number of anilines is 1. The Bertz CT molecular complexity index is 1710. The smallest absolute Gasteiger partial charge is 0.264 e. The first-order chi connectivity index (χ1) is 21.5. The van der Waals surface area contributed by atoms with Crippen molar-refractivity contribution >= 4 is 50.7 Å². The number of hydrogen-bond donors (Lipinski definition) is 1. The molecule has 0 aromatic heterocycles. The monoisotopic (exact) mass is 669 g/mol. The third-order valence-electron chi connectivity index (χ3n) is 7.35. The molecule has 4 aromatic rings. The molecule has 2 unspecified atom stereocenters. The largest absolute Gasteiger partial charge is 0.352 e. The molecule has 4 rings (SSSR count). The molecule has 0 bridgehead atoms. The summed E-state index contributed by atoms with van der Waals surface area (Å²) in [6, 6.07) is 25.3. The average Bonchev–Trinajstić information content (AvgIpc) is 3.03. The maximum atomic E-state index is 14.4. The molecule has 236 valence electrons. The Morgan fingerprint density at radius 1 is 0.889 bits per heavy atom. The van der Waals surface area contributed by atoms with Crippen LogP contribution in [0.1, 0.15) is 31.4 Å². The van der Waals surface area contributed by atoms with Gasteiger partial charge in [0, 0.05) is 29.1 Å². The molecule has 11 heteroatoms. The van der Waals surface area contributed by atoms with Gasteiger partial charge in [-0.15, -0.1) is 0 Å². The maximum Gasteiger partial charge on any atom is 0.264 e. The Kier molecular flexibility index (Phi) is 11.6. The van der Waals surface area contributed by atoms with Crippen LogP contribution in [0.25, 0.3) is 0 Å². The van der Waals surface area contributed by atoms with Gasteiger partial charge in [-0.05, 0) is 73.0 Å². The number of sulfonamides is 1. The summed E-state index contributed by atoms with van der Waals surface area (Å²) < 4.78 is 42.7. The lowest BCUT2D eigenvalue weighted by Crippen LogP contribution is -2.54. The Balaban J connectivity index is 1.82. The van der Waals surface area contributed by atoms with Crippen molar-refractivity contribution in [2.75, 3.05) is 10.8 Å². The van der Waals surface area contributed by atoms with E-state index in [0.29, 0.717) is 17.0 Å². The molecule has 0 fully saturated rings. The molecule has 45 heavy (non-hydrogen) atoms. The molecular formula is C34H34Cl2FN3O4S. The molecule has 1 N–H and O–H groups in total. The van der Waals surface area contributed by atoms with Crippen LogP contribution in [0.2, 0.25) is 10.0 Å². The Hall–Kier alpha value is -3.92. The summed E-state index contributed by atoms with van der Waals surface area (Å²) in [5.41, 5.74) is 1.40. The lowest BCUT2D eigenvalue weighted by Gasteiger charge is -2.34. The molecule has 0 saturated heterocycles. The predicted octanol–water partition coefficient (Wildman–Crippen LogP) is 6.88. The highest BCUT2D eigenvalue weighted by molar-refractivity contribution is 7.92. The van der Waals surface area contributed by atoms with Gasteiger partial charge in [-0.25, -0.2) is 12.8 Å². The van der Waals surface area contributed by atoms with E-state index in [1.54, 1.807) is 30.3 Å². The summed E-state index contributed by atoms with van der Waals surface area (Å²) in [7, 11) is -4.29. The zero-order valence-electron chi connectivity index (χ0n) is 24.9. The van der Waals surface area contributed by atoms with Gasteiger partial charge in [0.05, 0.1) is 10.6 Å². The number of hydrogen-bond acceptors (Lipinski definition) is 4. The third kappa shape index (κ3) is 8.84. The molecule has 7 nitrogen and oxygen atoms in total. The van der Waals surface area contributed by atoms with Crippen molar-refractivity contribution in [3.63, 3.8) is 0 Å². The first-order valence-electron chi connectivity index (χ1n) is 14.4. The van der Waals surface area contributed by atoms with E-state index in [1.165, 1.54) is 35.2 Å². The first-order valence-corrected chi connectivity index (χ1v) is 16.6. The minimum atomic E-state index is -4.29. The number of rotatable bonds is 13. The maximum absolute atomic E-state index is 14.4. The second kappa shape index (κ2) is 15.4. The number of amides is 2. The molecule has 0 saturated carbocycles.